The molecule has 0 radical (unpaired) electrons. The minimum atomic E-state index is -0.345. The van der Waals surface area contributed by atoms with Gasteiger partial charge in [-0.2, -0.15) is 0 Å². The van der Waals surface area contributed by atoms with Crippen molar-refractivity contribution < 1.29 is 14.4 Å². The van der Waals surface area contributed by atoms with Gasteiger partial charge in [-0.25, -0.2) is 0 Å². The number of para-hydroxylation sites is 1. The third kappa shape index (κ3) is 2.54. The van der Waals surface area contributed by atoms with E-state index in [-0.39, 0.29) is 36.1 Å². The van der Waals surface area contributed by atoms with Crippen LogP contribution in [0.4, 0.5) is 5.69 Å². The van der Waals surface area contributed by atoms with E-state index >= 15 is 0 Å². The molecule has 2 aliphatic rings. The van der Waals surface area contributed by atoms with E-state index in [4.69, 9.17) is 0 Å². The minimum Gasteiger partial charge on any atom is -0.324 e. The first kappa shape index (κ1) is 14.5. The topological polar surface area (TPSA) is 66.5 Å². The van der Waals surface area contributed by atoms with Gasteiger partial charge in [-0.15, -0.1) is 0 Å². The molecule has 2 atom stereocenters. The number of nitrogens with one attached hydrogen (secondary N) is 1. The summed E-state index contributed by atoms with van der Waals surface area (Å²) in [4.78, 5) is 37.8. The van der Waals surface area contributed by atoms with Gasteiger partial charge in [-0.3, -0.25) is 19.3 Å². The number of nitrogens with zero attached hydrogens (tertiary/aromatic N) is 1. The van der Waals surface area contributed by atoms with Crippen molar-refractivity contribution in [2.24, 2.45) is 11.8 Å². The van der Waals surface area contributed by atoms with Crippen LogP contribution in [0.5, 0.6) is 0 Å². The number of benzene rings is 1. The fourth-order valence-corrected chi connectivity index (χ4v) is 3.07. The molecule has 1 aromatic rings. The highest BCUT2D eigenvalue weighted by molar-refractivity contribution is 6.08. The molecule has 22 heavy (non-hydrogen) atoms. The average Bonchev–Trinajstić information content (AvgIpc) is 2.75. The van der Waals surface area contributed by atoms with Crippen LogP contribution in [0, 0.1) is 18.8 Å². The second-order valence-electron chi connectivity index (χ2n) is 5.78. The highest BCUT2D eigenvalue weighted by atomic mass is 16.2. The Kier molecular flexibility index (Phi) is 3.79. The Morgan fingerprint density at radius 1 is 1.14 bits per heavy atom. The monoisotopic (exact) mass is 298 g/mol. The zero-order valence-electron chi connectivity index (χ0n) is 12.4. The summed E-state index contributed by atoms with van der Waals surface area (Å²) in [6.45, 7) is 1.68. The van der Waals surface area contributed by atoms with Gasteiger partial charge in [0.2, 0.25) is 17.7 Å². The van der Waals surface area contributed by atoms with E-state index in [0.29, 0.717) is 18.5 Å². The first-order valence-corrected chi connectivity index (χ1v) is 7.43. The van der Waals surface area contributed by atoms with E-state index in [2.05, 4.69) is 5.32 Å². The van der Waals surface area contributed by atoms with Gasteiger partial charge in [-0.05, 0) is 31.4 Å². The van der Waals surface area contributed by atoms with E-state index in [9.17, 15) is 14.4 Å². The summed E-state index contributed by atoms with van der Waals surface area (Å²) in [5, 5.41) is 2.76. The second-order valence-corrected chi connectivity index (χ2v) is 5.78. The van der Waals surface area contributed by atoms with E-state index in [1.165, 1.54) is 0 Å². The Balaban J connectivity index is 1.68. The number of anilines is 1. The van der Waals surface area contributed by atoms with Crippen LogP contribution in [-0.4, -0.2) is 29.2 Å². The molecule has 1 aromatic carbocycles. The van der Waals surface area contributed by atoms with Crippen LogP contribution >= 0.6 is 0 Å². The molecule has 114 valence electrons. The van der Waals surface area contributed by atoms with Gasteiger partial charge in [0.1, 0.15) is 6.54 Å². The van der Waals surface area contributed by atoms with Crippen molar-refractivity contribution in [3.05, 3.63) is 42.0 Å². The van der Waals surface area contributed by atoms with E-state index in [1.807, 2.05) is 37.3 Å². The molecule has 1 N–H and O–H groups in total. The SMILES string of the molecule is Cc1ccccc1NC(=O)CN1C(=O)[C@H]2CC=CC[C@@H]2C1=O. The molecule has 5 heteroatoms. The van der Waals surface area contributed by atoms with Gasteiger partial charge in [0.15, 0.2) is 0 Å². The number of amides is 3. The third-order valence-electron chi connectivity index (χ3n) is 4.32. The molecule has 0 spiro atoms. The maximum Gasteiger partial charge on any atom is 0.244 e. The number of carbonyl (C=O) groups excluding carboxylic acids is 3. The fourth-order valence-electron chi connectivity index (χ4n) is 3.07. The molecule has 0 saturated carbocycles. The first-order chi connectivity index (χ1) is 10.6. The highest BCUT2D eigenvalue weighted by Crippen LogP contribution is 2.34. The second kappa shape index (κ2) is 5.75. The molecule has 3 rings (SSSR count). The Labute approximate surface area is 129 Å². The number of allylic oxidation sites excluding steroid dienone is 2. The molecule has 0 unspecified atom stereocenters. The molecule has 1 aliphatic heterocycles. The van der Waals surface area contributed by atoms with Crippen LogP contribution in [0.3, 0.4) is 0 Å². The van der Waals surface area contributed by atoms with Crippen molar-refractivity contribution >= 4 is 23.4 Å². The number of hydrogen-bond donors (Lipinski definition) is 1. The largest absolute Gasteiger partial charge is 0.324 e. The molecular formula is C17H18N2O3. The lowest BCUT2D eigenvalue weighted by Crippen LogP contribution is -2.38. The molecule has 1 fully saturated rings. The molecule has 0 aromatic heterocycles. The summed E-state index contributed by atoms with van der Waals surface area (Å²) < 4.78 is 0. The van der Waals surface area contributed by atoms with Crippen molar-refractivity contribution in [2.75, 3.05) is 11.9 Å². The molecular weight excluding hydrogens is 280 g/mol. The average molecular weight is 298 g/mol. The Hall–Kier alpha value is -2.43. The zero-order valence-corrected chi connectivity index (χ0v) is 12.4. The van der Waals surface area contributed by atoms with E-state index < -0.39 is 0 Å². The van der Waals surface area contributed by atoms with Gasteiger partial charge in [-0.1, -0.05) is 30.4 Å². The summed E-state index contributed by atoms with van der Waals surface area (Å²) in [7, 11) is 0. The van der Waals surface area contributed by atoms with Crippen LogP contribution in [0.1, 0.15) is 18.4 Å². The van der Waals surface area contributed by atoms with Gasteiger partial charge < -0.3 is 5.32 Å². The van der Waals surface area contributed by atoms with Crippen LogP contribution in [-0.2, 0) is 14.4 Å². The van der Waals surface area contributed by atoms with Crippen LogP contribution < -0.4 is 5.32 Å². The standard InChI is InChI=1S/C17H18N2O3/c1-11-6-2-5-9-14(11)18-15(20)10-19-16(21)12-7-3-4-8-13(12)17(19)22/h2-6,9,12-13H,7-8,10H2,1H3,(H,18,20)/t12-,13-/m0/s1. The lowest BCUT2D eigenvalue weighted by Gasteiger charge is -2.15. The highest BCUT2D eigenvalue weighted by Gasteiger charge is 2.47. The minimum absolute atomic E-state index is 0.209. The van der Waals surface area contributed by atoms with Crippen LogP contribution in [0.15, 0.2) is 36.4 Å². The summed E-state index contributed by atoms with van der Waals surface area (Å²) in [6, 6.07) is 7.40. The van der Waals surface area contributed by atoms with Crippen LogP contribution in [0.2, 0.25) is 0 Å². The van der Waals surface area contributed by atoms with Crippen molar-refractivity contribution in [2.45, 2.75) is 19.8 Å². The smallest absolute Gasteiger partial charge is 0.244 e. The molecule has 5 nitrogen and oxygen atoms in total. The normalized spacial score (nSPS) is 23.6. The van der Waals surface area contributed by atoms with Crippen molar-refractivity contribution in [3.8, 4) is 0 Å². The fraction of sp³-hybridized carbons (Fsp3) is 0.353. The zero-order chi connectivity index (χ0) is 15.7. The van der Waals surface area contributed by atoms with Crippen molar-refractivity contribution in [1.82, 2.24) is 4.90 Å². The van der Waals surface area contributed by atoms with Gasteiger partial charge >= 0.3 is 0 Å². The lowest BCUT2D eigenvalue weighted by atomic mass is 9.85. The predicted molar refractivity (Wildman–Crippen MR) is 81.9 cm³/mol. The molecule has 0 bridgehead atoms. The van der Waals surface area contributed by atoms with E-state index in [0.717, 1.165) is 10.5 Å². The van der Waals surface area contributed by atoms with Crippen molar-refractivity contribution in [1.29, 1.82) is 0 Å². The maximum atomic E-state index is 12.3. The predicted octanol–water partition coefficient (Wildman–Crippen LogP) is 1.88. The Morgan fingerprint density at radius 3 is 2.32 bits per heavy atom. The van der Waals surface area contributed by atoms with Gasteiger partial charge in [0.05, 0.1) is 11.8 Å². The number of likely N-dealkylation sites (tertiary alicyclic amines) is 1. The van der Waals surface area contributed by atoms with E-state index in [1.54, 1.807) is 6.07 Å². The Bertz CT molecular complexity index is 640. The number of imide groups is 1. The first-order valence-electron chi connectivity index (χ1n) is 7.43. The summed E-state index contributed by atoms with van der Waals surface area (Å²) in [6.07, 6.45) is 5.04. The molecule has 1 aliphatic carbocycles. The molecule has 1 saturated heterocycles. The third-order valence-corrected chi connectivity index (χ3v) is 4.32. The van der Waals surface area contributed by atoms with Gasteiger partial charge in [0, 0.05) is 5.69 Å². The quantitative estimate of drug-likeness (QED) is 0.684. The lowest BCUT2D eigenvalue weighted by molar-refractivity contribution is -0.142. The maximum absolute atomic E-state index is 12.3. The number of fused-ring (bicyclic) bond motifs is 1. The van der Waals surface area contributed by atoms with Gasteiger partial charge in [0.25, 0.3) is 0 Å². The number of carbonyl (C=O) groups is 3. The summed E-state index contributed by atoms with van der Waals surface area (Å²) >= 11 is 0. The number of rotatable bonds is 3. The molecule has 3 amide bonds. The summed E-state index contributed by atoms with van der Waals surface area (Å²) in [5.74, 6) is -1.37. The van der Waals surface area contributed by atoms with Crippen LogP contribution in [0.25, 0.3) is 0 Å². The number of aryl methyl sites for hydroxylation is 1. The Morgan fingerprint density at radius 2 is 1.73 bits per heavy atom. The number of hydrogen-bond acceptors (Lipinski definition) is 3. The van der Waals surface area contributed by atoms with Crippen molar-refractivity contribution in [3.63, 3.8) is 0 Å². The molecule has 1 heterocycles. The summed E-state index contributed by atoms with van der Waals surface area (Å²) in [5.41, 5.74) is 1.64.